The van der Waals surface area contributed by atoms with Gasteiger partial charge in [0.15, 0.2) is 0 Å². The predicted octanol–water partition coefficient (Wildman–Crippen LogP) is 6.44. The van der Waals surface area contributed by atoms with Gasteiger partial charge in [-0.15, -0.1) is 11.3 Å². The summed E-state index contributed by atoms with van der Waals surface area (Å²) in [6.45, 7) is 4.37. The smallest absolute Gasteiger partial charge is 0.0900 e. The molecule has 2 aromatic carbocycles. The van der Waals surface area contributed by atoms with Crippen LogP contribution in [0.25, 0.3) is 11.1 Å². The predicted molar refractivity (Wildman–Crippen MR) is 105 cm³/mol. The molecule has 0 N–H and O–H groups in total. The second kappa shape index (κ2) is 8.25. The van der Waals surface area contributed by atoms with Gasteiger partial charge < -0.3 is 0 Å². The molecule has 1 heterocycles. The average molecular weight is 336 g/mol. The molecule has 0 aliphatic rings. The van der Waals surface area contributed by atoms with Gasteiger partial charge in [0.05, 0.1) is 10.7 Å². The SMILES string of the molecule is CCCCCc1nc(C)sc1Cc1ccc(-c2ccccc2)cc1. The fraction of sp³-hybridized carbons (Fsp3) is 0.318. The number of aryl methyl sites for hydroxylation is 2. The van der Waals surface area contributed by atoms with Crippen molar-refractivity contribution in [2.75, 3.05) is 0 Å². The third kappa shape index (κ3) is 4.33. The molecule has 0 aliphatic carbocycles. The van der Waals surface area contributed by atoms with Crippen LogP contribution in [0.15, 0.2) is 54.6 Å². The summed E-state index contributed by atoms with van der Waals surface area (Å²) in [6, 6.07) is 19.5. The van der Waals surface area contributed by atoms with Gasteiger partial charge in [-0.1, -0.05) is 74.4 Å². The van der Waals surface area contributed by atoms with Crippen molar-refractivity contribution in [1.82, 2.24) is 4.98 Å². The zero-order valence-electron chi connectivity index (χ0n) is 14.6. The molecular weight excluding hydrogens is 310 g/mol. The van der Waals surface area contributed by atoms with Gasteiger partial charge in [0, 0.05) is 11.3 Å². The third-order valence-electron chi connectivity index (χ3n) is 4.33. The molecule has 1 aromatic heterocycles. The van der Waals surface area contributed by atoms with Crippen LogP contribution in [0.3, 0.4) is 0 Å². The highest BCUT2D eigenvalue weighted by Gasteiger charge is 2.10. The van der Waals surface area contributed by atoms with Crippen molar-refractivity contribution < 1.29 is 0 Å². The summed E-state index contributed by atoms with van der Waals surface area (Å²) in [7, 11) is 0. The minimum atomic E-state index is 1.00. The van der Waals surface area contributed by atoms with E-state index >= 15 is 0 Å². The first-order valence-electron chi connectivity index (χ1n) is 8.86. The molecule has 2 heteroatoms. The molecule has 0 unspecified atom stereocenters. The average Bonchev–Trinajstić information content (AvgIpc) is 2.96. The van der Waals surface area contributed by atoms with Gasteiger partial charge in [-0.05, 0) is 36.5 Å². The van der Waals surface area contributed by atoms with Crippen molar-refractivity contribution in [2.24, 2.45) is 0 Å². The normalized spacial score (nSPS) is 10.9. The fourth-order valence-electron chi connectivity index (χ4n) is 3.02. The van der Waals surface area contributed by atoms with Crippen molar-refractivity contribution in [3.8, 4) is 11.1 Å². The van der Waals surface area contributed by atoms with Gasteiger partial charge in [0.1, 0.15) is 0 Å². The Morgan fingerprint density at radius 2 is 1.58 bits per heavy atom. The number of nitrogens with zero attached hydrogens (tertiary/aromatic N) is 1. The number of rotatable bonds is 7. The van der Waals surface area contributed by atoms with E-state index < -0.39 is 0 Å². The van der Waals surface area contributed by atoms with Gasteiger partial charge in [-0.25, -0.2) is 4.98 Å². The lowest BCUT2D eigenvalue weighted by Crippen LogP contribution is -1.94. The van der Waals surface area contributed by atoms with E-state index in [1.54, 1.807) is 0 Å². The molecule has 0 radical (unpaired) electrons. The minimum absolute atomic E-state index is 1.00. The maximum absolute atomic E-state index is 4.76. The number of unbranched alkanes of at least 4 members (excludes halogenated alkanes) is 2. The quantitative estimate of drug-likeness (QED) is 0.453. The highest BCUT2D eigenvalue weighted by Crippen LogP contribution is 2.25. The number of benzene rings is 2. The van der Waals surface area contributed by atoms with E-state index in [9.17, 15) is 0 Å². The Morgan fingerprint density at radius 1 is 0.875 bits per heavy atom. The van der Waals surface area contributed by atoms with E-state index in [0.29, 0.717) is 0 Å². The fourth-order valence-corrected chi connectivity index (χ4v) is 4.04. The minimum Gasteiger partial charge on any atom is -0.246 e. The van der Waals surface area contributed by atoms with E-state index in [1.165, 1.54) is 51.5 Å². The zero-order chi connectivity index (χ0) is 16.8. The van der Waals surface area contributed by atoms with Crippen LogP contribution in [0.4, 0.5) is 0 Å². The first kappa shape index (κ1) is 16.9. The maximum atomic E-state index is 4.76. The molecule has 0 bridgehead atoms. The number of aromatic nitrogens is 1. The van der Waals surface area contributed by atoms with Crippen molar-refractivity contribution in [2.45, 2.75) is 46.0 Å². The van der Waals surface area contributed by atoms with Crippen LogP contribution in [0.2, 0.25) is 0 Å². The standard InChI is InChI=1S/C22H25NS/c1-3-4-6-11-21-22(24-17(2)23-21)16-18-12-14-20(15-13-18)19-9-7-5-8-10-19/h5,7-10,12-15H,3-4,6,11,16H2,1-2H3. The van der Waals surface area contributed by atoms with Gasteiger partial charge in [0.2, 0.25) is 0 Å². The van der Waals surface area contributed by atoms with Crippen molar-refractivity contribution in [3.63, 3.8) is 0 Å². The van der Waals surface area contributed by atoms with Gasteiger partial charge in [0.25, 0.3) is 0 Å². The molecule has 124 valence electrons. The summed E-state index contributed by atoms with van der Waals surface area (Å²) in [4.78, 5) is 6.20. The zero-order valence-corrected chi connectivity index (χ0v) is 15.4. The summed E-state index contributed by atoms with van der Waals surface area (Å²) in [5, 5.41) is 1.19. The second-order valence-corrected chi connectivity index (χ2v) is 7.59. The Balaban J connectivity index is 1.72. The Hall–Kier alpha value is -1.93. The maximum Gasteiger partial charge on any atom is 0.0900 e. The van der Waals surface area contributed by atoms with Gasteiger partial charge >= 0.3 is 0 Å². The highest BCUT2D eigenvalue weighted by molar-refractivity contribution is 7.11. The van der Waals surface area contributed by atoms with E-state index in [-0.39, 0.29) is 0 Å². The Bertz CT molecular complexity index is 756. The summed E-state index contributed by atoms with van der Waals surface area (Å²) in [5.41, 5.74) is 5.24. The molecule has 0 amide bonds. The molecule has 0 atom stereocenters. The molecular formula is C22H25NS. The Kier molecular flexibility index (Phi) is 5.81. The van der Waals surface area contributed by atoms with Crippen molar-refractivity contribution in [3.05, 3.63) is 75.7 Å². The third-order valence-corrected chi connectivity index (χ3v) is 5.34. The molecule has 0 aliphatic heterocycles. The molecule has 0 saturated carbocycles. The topological polar surface area (TPSA) is 12.9 Å². The van der Waals surface area contributed by atoms with Crippen LogP contribution >= 0.6 is 11.3 Å². The van der Waals surface area contributed by atoms with Crippen molar-refractivity contribution >= 4 is 11.3 Å². The molecule has 3 rings (SSSR count). The molecule has 3 aromatic rings. The van der Waals surface area contributed by atoms with E-state index in [0.717, 1.165) is 12.8 Å². The molecule has 0 saturated heterocycles. The van der Waals surface area contributed by atoms with E-state index in [4.69, 9.17) is 4.98 Å². The van der Waals surface area contributed by atoms with Crippen LogP contribution in [-0.4, -0.2) is 4.98 Å². The lowest BCUT2D eigenvalue weighted by Gasteiger charge is -2.05. The number of hydrogen-bond donors (Lipinski definition) is 0. The number of thiazole rings is 1. The Morgan fingerprint density at radius 3 is 2.29 bits per heavy atom. The molecule has 24 heavy (non-hydrogen) atoms. The van der Waals surface area contributed by atoms with Crippen LogP contribution in [0.5, 0.6) is 0 Å². The van der Waals surface area contributed by atoms with Crippen LogP contribution in [-0.2, 0) is 12.8 Å². The lowest BCUT2D eigenvalue weighted by molar-refractivity contribution is 0.706. The molecule has 0 spiro atoms. The Labute approximate surface area is 149 Å². The lowest BCUT2D eigenvalue weighted by atomic mass is 10.0. The highest BCUT2D eigenvalue weighted by atomic mass is 32.1. The van der Waals surface area contributed by atoms with Gasteiger partial charge in [-0.2, -0.15) is 0 Å². The summed E-state index contributed by atoms with van der Waals surface area (Å²) in [5.74, 6) is 0. The molecule has 0 fully saturated rings. The monoisotopic (exact) mass is 335 g/mol. The van der Waals surface area contributed by atoms with E-state index in [1.807, 2.05) is 11.3 Å². The van der Waals surface area contributed by atoms with Crippen molar-refractivity contribution in [1.29, 1.82) is 0 Å². The van der Waals surface area contributed by atoms with Crippen LogP contribution in [0.1, 0.15) is 47.3 Å². The summed E-state index contributed by atoms with van der Waals surface area (Å²) < 4.78 is 0. The van der Waals surface area contributed by atoms with Gasteiger partial charge in [-0.3, -0.25) is 0 Å². The largest absolute Gasteiger partial charge is 0.246 e. The van der Waals surface area contributed by atoms with Crippen LogP contribution < -0.4 is 0 Å². The first-order chi connectivity index (χ1) is 11.8. The first-order valence-corrected chi connectivity index (χ1v) is 9.67. The summed E-state index contributed by atoms with van der Waals surface area (Å²) >= 11 is 1.86. The molecule has 1 nitrogen and oxygen atoms in total. The van der Waals surface area contributed by atoms with Crippen LogP contribution in [0, 0.1) is 6.92 Å². The number of hydrogen-bond acceptors (Lipinski definition) is 2. The second-order valence-electron chi connectivity index (χ2n) is 6.30. The summed E-state index contributed by atoms with van der Waals surface area (Å²) in [6.07, 6.45) is 5.93. The van der Waals surface area contributed by atoms with E-state index in [2.05, 4.69) is 68.4 Å².